The maximum absolute atomic E-state index is 12.2. The highest BCUT2D eigenvalue weighted by Crippen LogP contribution is 2.64. The van der Waals surface area contributed by atoms with E-state index >= 15 is 0 Å². The van der Waals surface area contributed by atoms with E-state index in [0.717, 1.165) is 32.8 Å². The summed E-state index contributed by atoms with van der Waals surface area (Å²) in [5.74, 6) is 0.0424. The molecular formula is C12H20Cl2N2O2. The van der Waals surface area contributed by atoms with Gasteiger partial charge in [0.15, 0.2) is 0 Å². The summed E-state index contributed by atoms with van der Waals surface area (Å²) in [4.78, 5) is 16.3. The number of hydrogen-bond donors (Lipinski definition) is 0. The Morgan fingerprint density at radius 1 is 1.39 bits per heavy atom. The summed E-state index contributed by atoms with van der Waals surface area (Å²) in [5.41, 5.74) is -0.601. The van der Waals surface area contributed by atoms with Gasteiger partial charge in [0, 0.05) is 33.2 Å². The second-order valence-electron chi connectivity index (χ2n) is 5.39. The molecular weight excluding hydrogens is 275 g/mol. The Balaban J connectivity index is 1.78. The van der Waals surface area contributed by atoms with Crippen LogP contribution in [0.15, 0.2) is 0 Å². The predicted molar refractivity (Wildman–Crippen MR) is 72.1 cm³/mol. The van der Waals surface area contributed by atoms with Gasteiger partial charge in [-0.25, -0.2) is 0 Å². The first-order valence-electron chi connectivity index (χ1n) is 6.30. The van der Waals surface area contributed by atoms with Crippen LogP contribution in [0.25, 0.3) is 0 Å². The molecule has 0 aromatic rings. The molecule has 1 amide bonds. The molecule has 0 radical (unpaired) electrons. The summed E-state index contributed by atoms with van der Waals surface area (Å²) in [6, 6.07) is 0. The van der Waals surface area contributed by atoms with Crippen LogP contribution in [0.3, 0.4) is 0 Å². The van der Waals surface area contributed by atoms with Crippen molar-refractivity contribution in [3.8, 4) is 0 Å². The summed E-state index contributed by atoms with van der Waals surface area (Å²) >= 11 is 12.1. The molecule has 18 heavy (non-hydrogen) atoms. The summed E-state index contributed by atoms with van der Waals surface area (Å²) in [6.45, 7) is 6.85. The number of halogens is 2. The zero-order valence-corrected chi connectivity index (χ0v) is 12.4. The Morgan fingerprint density at radius 2 is 1.94 bits per heavy atom. The van der Waals surface area contributed by atoms with Gasteiger partial charge in [0.2, 0.25) is 5.91 Å². The first-order chi connectivity index (χ1) is 8.37. The molecule has 104 valence electrons. The van der Waals surface area contributed by atoms with Crippen LogP contribution in [-0.4, -0.2) is 66.5 Å². The second-order valence-corrected chi connectivity index (χ2v) is 6.88. The summed E-state index contributed by atoms with van der Waals surface area (Å²) in [7, 11) is 1.82. The summed E-state index contributed by atoms with van der Waals surface area (Å²) in [6.07, 6.45) is 0.545. The van der Waals surface area contributed by atoms with Crippen molar-refractivity contribution in [2.24, 2.45) is 5.41 Å². The summed E-state index contributed by atoms with van der Waals surface area (Å²) < 4.78 is 4.41. The van der Waals surface area contributed by atoms with Crippen LogP contribution in [0.2, 0.25) is 0 Å². The first kappa shape index (κ1) is 14.4. The van der Waals surface area contributed by atoms with E-state index in [2.05, 4.69) is 4.90 Å². The zero-order valence-electron chi connectivity index (χ0n) is 10.9. The molecule has 1 atom stereocenters. The van der Waals surface area contributed by atoms with E-state index in [4.69, 9.17) is 27.9 Å². The Hall–Kier alpha value is -0.0300. The third-order valence-electron chi connectivity index (χ3n) is 3.93. The van der Waals surface area contributed by atoms with Crippen LogP contribution in [0.1, 0.15) is 13.3 Å². The maximum atomic E-state index is 12.2. The molecule has 0 bridgehead atoms. The molecule has 0 N–H and O–H groups in total. The third-order valence-corrected chi connectivity index (χ3v) is 5.03. The van der Waals surface area contributed by atoms with Gasteiger partial charge in [-0.3, -0.25) is 9.69 Å². The van der Waals surface area contributed by atoms with Crippen molar-refractivity contribution in [1.82, 2.24) is 9.80 Å². The average Bonchev–Trinajstić information content (AvgIpc) is 2.87. The van der Waals surface area contributed by atoms with Crippen LogP contribution in [0.4, 0.5) is 0 Å². The fourth-order valence-electron chi connectivity index (χ4n) is 2.27. The Labute approximate surface area is 118 Å². The van der Waals surface area contributed by atoms with E-state index in [9.17, 15) is 4.79 Å². The van der Waals surface area contributed by atoms with E-state index in [-0.39, 0.29) is 5.91 Å². The van der Waals surface area contributed by atoms with E-state index < -0.39 is 9.75 Å². The molecule has 1 aliphatic heterocycles. The minimum Gasteiger partial charge on any atom is -0.379 e. The summed E-state index contributed by atoms with van der Waals surface area (Å²) in [5, 5.41) is 0. The molecule has 0 spiro atoms. The van der Waals surface area contributed by atoms with Crippen molar-refractivity contribution in [1.29, 1.82) is 0 Å². The average molecular weight is 295 g/mol. The number of likely N-dealkylation sites (N-methyl/N-ethyl adjacent to an activating group) is 1. The van der Waals surface area contributed by atoms with Crippen molar-refractivity contribution in [3.63, 3.8) is 0 Å². The number of ether oxygens (including phenoxy) is 1. The zero-order chi connectivity index (χ0) is 13.4. The lowest BCUT2D eigenvalue weighted by Gasteiger charge is -2.29. The Kier molecular flexibility index (Phi) is 4.12. The quantitative estimate of drug-likeness (QED) is 0.734. The van der Waals surface area contributed by atoms with Crippen LogP contribution >= 0.6 is 23.2 Å². The molecule has 6 heteroatoms. The first-order valence-corrected chi connectivity index (χ1v) is 7.06. The van der Waals surface area contributed by atoms with Crippen molar-refractivity contribution in [2.45, 2.75) is 17.7 Å². The lowest BCUT2D eigenvalue weighted by atomic mass is 10.1. The molecule has 0 aromatic heterocycles. The highest BCUT2D eigenvalue weighted by atomic mass is 35.5. The van der Waals surface area contributed by atoms with Crippen LogP contribution in [0.5, 0.6) is 0 Å². The van der Waals surface area contributed by atoms with Gasteiger partial charge in [0.05, 0.1) is 18.6 Å². The van der Waals surface area contributed by atoms with Crippen molar-refractivity contribution in [2.75, 3.05) is 46.4 Å². The molecule has 0 aromatic carbocycles. The Morgan fingerprint density at radius 3 is 2.44 bits per heavy atom. The minimum absolute atomic E-state index is 0.0424. The normalized spacial score (nSPS) is 31.1. The maximum Gasteiger partial charge on any atom is 0.231 e. The smallest absolute Gasteiger partial charge is 0.231 e. The number of rotatable bonds is 4. The fraction of sp³-hybridized carbons (Fsp3) is 0.917. The van der Waals surface area contributed by atoms with Gasteiger partial charge in [-0.2, -0.15) is 0 Å². The van der Waals surface area contributed by atoms with Crippen LogP contribution in [-0.2, 0) is 9.53 Å². The van der Waals surface area contributed by atoms with Gasteiger partial charge in [0.25, 0.3) is 0 Å². The highest BCUT2D eigenvalue weighted by molar-refractivity contribution is 6.53. The SMILES string of the molecule is CN(CCN1CCOCC1)C(=O)[C@@]1(C)CC1(Cl)Cl. The number of alkyl halides is 2. The molecule has 2 rings (SSSR count). The van der Waals surface area contributed by atoms with Crippen molar-refractivity contribution >= 4 is 29.1 Å². The number of morpholine rings is 1. The monoisotopic (exact) mass is 294 g/mol. The van der Waals surface area contributed by atoms with Crippen LogP contribution in [0, 0.1) is 5.41 Å². The number of carbonyl (C=O) groups is 1. The van der Waals surface area contributed by atoms with Gasteiger partial charge >= 0.3 is 0 Å². The molecule has 2 aliphatic rings. The number of carbonyl (C=O) groups excluding carboxylic acids is 1. The van der Waals surface area contributed by atoms with E-state index in [1.165, 1.54) is 0 Å². The molecule has 1 saturated heterocycles. The molecule has 1 saturated carbocycles. The van der Waals surface area contributed by atoms with Crippen LogP contribution < -0.4 is 0 Å². The molecule has 1 heterocycles. The van der Waals surface area contributed by atoms with E-state index in [1.54, 1.807) is 4.90 Å². The van der Waals surface area contributed by atoms with E-state index in [1.807, 2.05) is 14.0 Å². The van der Waals surface area contributed by atoms with Crippen molar-refractivity contribution < 1.29 is 9.53 Å². The second kappa shape index (κ2) is 5.16. The highest BCUT2D eigenvalue weighted by Gasteiger charge is 2.68. The number of hydrogen-bond acceptors (Lipinski definition) is 3. The van der Waals surface area contributed by atoms with Gasteiger partial charge in [-0.15, -0.1) is 23.2 Å². The van der Waals surface area contributed by atoms with Gasteiger partial charge in [0.1, 0.15) is 4.33 Å². The Bertz CT molecular complexity index is 332. The predicted octanol–water partition coefficient (Wildman–Crippen LogP) is 1.36. The molecule has 1 aliphatic carbocycles. The molecule has 4 nitrogen and oxygen atoms in total. The van der Waals surface area contributed by atoms with E-state index in [0.29, 0.717) is 13.0 Å². The number of amides is 1. The number of nitrogens with zero attached hydrogens (tertiary/aromatic N) is 2. The molecule has 2 fully saturated rings. The molecule has 0 unspecified atom stereocenters. The standard InChI is InChI=1S/C12H20Cl2N2O2/c1-11(9-12(11,13)14)10(17)15(2)3-4-16-5-7-18-8-6-16/h3-9H2,1-2H3/t11-/m1/s1. The lowest BCUT2D eigenvalue weighted by molar-refractivity contribution is -0.135. The van der Waals surface area contributed by atoms with Gasteiger partial charge in [-0.05, 0) is 13.3 Å². The van der Waals surface area contributed by atoms with Crippen molar-refractivity contribution in [3.05, 3.63) is 0 Å². The largest absolute Gasteiger partial charge is 0.379 e. The lowest BCUT2D eigenvalue weighted by Crippen LogP contribution is -2.43. The topological polar surface area (TPSA) is 32.8 Å². The van der Waals surface area contributed by atoms with Gasteiger partial charge < -0.3 is 9.64 Å². The third kappa shape index (κ3) is 2.77. The minimum atomic E-state index is -0.878. The fourth-order valence-corrected chi connectivity index (χ4v) is 2.97. The van der Waals surface area contributed by atoms with Gasteiger partial charge in [-0.1, -0.05) is 0 Å².